The number of nitrogens with zero attached hydrogens (tertiary/aromatic N) is 3. The van der Waals surface area contributed by atoms with Crippen molar-refractivity contribution in [2.24, 2.45) is 4.99 Å². The van der Waals surface area contributed by atoms with Gasteiger partial charge >= 0.3 is 5.97 Å². The van der Waals surface area contributed by atoms with Crippen LogP contribution in [0.5, 0.6) is 0 Å². The van der Waals surface area contributed by atoms with Crippen molar-refractivity contribution in [2.45, 2.75) is 4.34 Å². The first kappa shape index (κ1) is 18.4. The Morgan fingerprint density at radius 1 is 1.31 bits per heavy atom. The SMILES string of the molecule is O=C1CS/C(=N/c2nnc(SCC(=O)Nc3ccc(C(=O)O)cc3)s2)N1. The van der Waals surface area contributed by atoms with E-state index in [1.54, 1.807) is 0 Å². The second-order valence-corrected chi connectivity index (χ2v) is 7.97. The van der Waals surface area contributed by atoms with E-state index in [0.717, 1.165) is 0 Å². The van der Waals surface area contributed by atoms with Crippen LogP contribution in [0.4, 0.5) is 10.8 Å². The highest BCUT2D eigenvalue weighted by Gasteiger charge is 2.17. The maximum atomic E-state index is 12.0. The summed E-state index contributed by atoms with van der Waals surface area (Å²) in [6, 6.07) is 5.89. The van der Waals surface area contributed by atoms with E-state index in [4.69, 9.17) is 5.11 Å². The van der Waals surface area contributed by atoms with E-state index in [-0.39, 0.29) is 23.1 Å². The first-order valence-electron chi connectivity index (χ1n) is 7.10. The molecule has 2 heterocycles. The zero-order valence-corrected chi connectivity index (χ0v) is 15.4. The Hall–Kier alpha value is -2.44. The Bertz CT molecular complexity index is 881. The molecule has 1 aromatic carbocycles. The van der Waals surface area contributed by atoms with E-state index in [2.05, 4.69) is 25.8 Å². The van der Waals surface area contributed by atoms with E-state index >= 15 is 0 Å². The number of hydrogen-bond donors (Lipinski definition) is 3. The third-order valence-electron chi connectivity index (χ3n) is 2.92. The van der Waals surface area contributed by atoms with E-state index in [1.807, 2.05) is 0 Å². The van der Waals surface area contributed by atoms with Crippen molar-refractivity contribution in [2.75, 3.05) is 16.8 Å². The van der Waals surface area contributed by atoms with E-state index in [1.165, 1.54) is 59.1 Å². The molecule has 0 spiro atoms. The zero-order valence-electron chi connectivity index (χ0n) is 13.0. The lowest BCUT2D eigenvalue weighted by molar-refractivity contribution is -0.117. The number of amidine groups is 1. The predicted octanol–water partition coefficient (Wildman–Crippen LogP) is 1.82. The summed E-state index contributed by atoms with van der Waals surface area (Å²) in [6.45, 7) is 0. The molecular weight excluding hydrogens is 398 g/mol. The zero-order chi connectivity index (χ0) is 18.5. The Kier molecular flexibility index (Phi) is 5.85. The number of rotatable bonds is 6. The fourth-order valence-electron chi connectivity index (χ4n) is 1.80. The van der Waals surface area contributed by atoms with Crippen LogP contribution < -0.4 is 10.6 Å². The Morgan fingerprint density at radius 3 is 2.73 bits per heavy atom. The second kappa shape index (κ2) is 8.29. The quantitative estimate of drug-likeness (QED) is 0.615. The van der Waals surface area contributed by atoms with Crippen LogP contribution in [0.25, 0.3) is 0 Å². The predicted molar refractivity (Wildman–Crippen MR) is 100 cm³/mol. The van der Waals surface area contributed by atoms with E-state index in [9.17, 15) is 14.4 Å². The molecule has 134 valence electrons. The van der Waals surface area contributed by atoms with Gasteiger partial charge in [0, 0.05) is 5.69 Å². The summed E-state index contributed by atoms with van der Waals surface area (Å²) in [7, 11) is 0. The van der Waals surface area contributed by atoms with Crippen LogP contribution in [0, 0.1) is 0 Å². The monoisotopic (exact) mass is 409 g/mol. The molecule has 3 rings (SSSR count). The number of amides is 2. The van der Waals surface area contributed by atoms with Crippen LogP contribution in [0.1, 0.15) is 10.4 Å². The minimum Gasteiger partial charge on any atom is -0.478 e. The van der Waals surface area contributed by atoms with Crippen LogP contribution in [0.2, 0.25) is 0 Å². The van der Waals surface area contributed by atoms with Gasteiger partial charge in [0.1, 0.15) is 0 Å². The molecule has 2 amide bonds. The molecule has 0 unspecified atom stereocenters. The molecule has 0 saturated carbocycles. The average Bonchev–Trinajstić information content (AvgIpc) is 3.23. The van der Waals surface area contributed by atoms with Crippen LogP contribution in [0.15, 0.2) is 33.6 Å². The summed E-state index contributed by atoms with van der Waals surface area (Å²) in [5.74, 6) is -0.908. The van der Waals surface area contributed by atoms with Crippen molar-refractivity contribution in [3.63, 3.8) is 0 Å². The number of carbonyl (C=O) groups is 3. The summed E-state index contributed by atoms with van der Waals surface area (Å²) < 4.78 is 0.579. The summed E-state index contributed by atoms with van der Waals surface area (Å²) in [5.41, 5.74) is 0.663. The minimum absolute atomic E-state index is 0.0964. The summed E-state index contributed by atoms with van der Waals surface area (Å²) in [6.07, 6.45) is 0. The Morgan fingerprint density at radius 2 is 2.08 bits per heavy atom. The molecule has 1 saturated heterocycles. The molecule has 0 radical (unpaired) electrons. The van der Waals surface area contributed by atoms with Crippen molar-refractivity contribution in [3.05, 3.63) is 29.8 Å². The normalized spacial score (nSPS) is 15.1. The number of benzene rings is 1. The topological polar surface area (TPSA) is 134 Å². The van der Waals surface area contributed by atoms with E-state index in [0.29, 0.717) is 26.1 Å². The molecule has 0 aliphatic carbocycles. The van der Waals surface area contributed by atoms with Gasteiger partial charge in [-0.05, 0) is 24.3 Å². The van der Waals surface area contributed by atoms with Crippen molar-refractivity contribution in [3.8, 4) is 0 Å². The van der Waals surface area contributed by atoms with Crippen molar-refractivity contribution in [1.82, 2.24) is 15.5 Å². The number of thioether (sulfide) groups is 2. The number of aromatic nitrogens is 2. The molecule has 12 heteroatoms. The number of carbonyl (C=O) groups excluding carboxylic acids is 2. The number of anilines is 1. The van der Waals surface area contributed by atoms with Crippen molar-refractivity contribution in [1.29, 1.82) is 0 Å². The van der Waals surface area contributed by atoms with Gasteiger partial charge in [-0.3, -0.25) is 9.59 Å². The molecular formula is C14H11N5O4S3. The van der Waals surface area contributed by atoms with Gasteiger partial charge in [0.25, 0.3) is 0 Å². The highest BCUT2D eigenvalue weighted by Crippen LogP contribution is 2.28. The first-order chi connectivity index (χ1) is 12.5. The molecule has 3 N–H and O–H groups in total. The van der Waals surface area contributed by atoms with Gasteiger partial charge < -0.3 is 15.7 Å². The number of carboxylic acids is 1. The van der Waals surface area contributed by atoms with Gasteiger partial charge in [0.05, 0.1) is 17.1 Å². The van der Waals surface area contributed by atoms with Gasteiger partial charge in [-0.1, -0.05) is 34.9 Å². The molecule has 1 aliphatic heterocycles. The number of hydrogen-bond acceptors (Lipinski definition) is 9. The largest absolute Gasteiger partial charge is 0.478 e. The fourth-order valence-corrected chi connectivity index (χ4v) is 4.05. The third kappa shape index (κ3) is 5.03. The van der Waals surface area contributed by atoms with Crippen LogP contribution in [-0.2, 0) is 9.59 Å². The summed E-state index contributed by atoms with van der Waals surface area (Å²) >= 11 is 3.73. The average molecular weight is 409 g/mol. The highest BCUT2D eigenvalue weighted by atomic mass is 32.2. The molecule has 1 aromatic heterocycles. The van der Waals surface area contributed by atoms with Crippen LogP contribution in [-0.4, -0.2) is 49.8 Å². The number of nitrogens with one attached hydrogen (secondary N) is 2. The number of aliphatic imine (C=N–C) groups is 1. The van der Waals surface area contributed by atoms with Gasteiger partial charge in [0.15, 0.2) is 9.51 Å². The van der Waals surface area contributed by atoms with Crippen LogP contribution in [0.3, 0.4) is 0 Å². The number of carboxylic acid groups (broad SMARTS) is 1. The maximum Gasteiger partial charge on any atom is 0.335 e. The van der Waals surface area contributed by atoms with Gasteiger partial charge in [-0.15, -0.1) is 10.2 Å². The smallest absolute Gasteiger partial charge is 0.335 e. The fraction of sp³-hybridized carbons (Fsp3) is 0.143. The van der Waals surface area contributed by atoms with Crippen LogP contribution >= 0.6 is 34.9 Å². The Balaban J connectivity index is 1.50. The van der Waals surface area contributed by atoms with Crippen molar-refractivity contribution >= 4 is 68.6 Å². The molecule has 9 nitrogen and oxygen atoms in total. The maximum absolute atomic E-state index is 12.0. The lowest BCUT2D eigenvalue weighted by Gasteiger charge is -2.04. The summed E-state index contributed by atoms with van der Waals surface area (Å²) in [4.78, 5) is 38.0. The molecule has 1 aliphatic rings. The van der Waals surface area contributed by atoms with E-state index < -0.39 is 5.97 Å². The summed E-state index contributed by atoms with van der Waals surface area (Å²) in [5, 5.41) is 22.9. The van der Waals surface area contributed by atoms with Gasteiger partial charge in [0.2, 0.25) is 16.9 Å². The highest BCUT2D eigenvalue weighted by molar-refractivity contribution is 8.15. The first-order valence-corrected chi connectivity index (χ1v) is 9.89. The van der Waals surface area contributed by atoms with Crippen molar-refractivity contribution < 1.29 is 19.5 Å². The molecule has 26 heavy (non-hydrogen) atoms. The molecule has 2 aromatic rings. The lowest BCUT2D eigenvalue weighted by atomic mass is 10.2. The number of aromatic carboxylic acids is 1. The second-order valence-electron chi connectivity index (χ2n) is 4.82. The third-order valence-corrected chi connectivity index (χ3v) is 5.75. The van der Waals surface area contributed by atoms with Gasteiger partial charge in [-0.25, -0.2) is 4.79 Å². The Labute approximate surface area is 159 Å². The standard InChI is InChI=1S/C14H11N5O4S3/c20-9(15-8-3-1-7(2-4-8)11(22)23)6-25-14-19-18-13(26-14)17-12-16-10(21)5-24-12/h1-4H,5-6H2,(H,15,20)(H,22,23)(H,16,17,18,21). The molecule has 0 bridgehead atoms. The lowest BCUT2D eigenvalue weighted by Crippen LogP contribution is -2.19. The minimum atomic E-state index is -1.02. The molecule has 1 fully saturated rings. The van der Waals surface area contributed by atoms with Gasteiger partial charge in [-0.2, -0.15) is 4.99 Å². The molecule has 0 atom stereocenters.